The summed E-state index contributed by atoms with van der Waals surface area (Å²) in [7, 11) is 1.44. The van der Waals surface area contributed by atoms with Gasteiger partial charge >= 0.3 is 12.0 Å². The van der Waals surface area contributed by atoms with Crippen molar-refractivity contribution in [3.63, 3.8) is 0 Å². The molecule has 1 saturated heterocycles. The van der Waals surface area contributed by atoms with Gasteiger partial charge in [0.25, 0.3) is 0 Å². The molecule has 124 valence electrons. The highest BCUT2D eigenvalue weighted by molar-refractivity contribution is 5.85. The van der Waals surface area contributed by atoms with Crippen molar-refractivity contribution in [2.45, 2.75) is 6.04 Å². The molecule has 1 fully saturated rings. The van der Waals surface area contributed by atoms with Crippen LogP contribution >= 0.6 is 0 Å². The summed E-state index contributed by atoms with van der Waals surface area (Å²) >= 11 is 0. The number of carbonyl (C=O) groups is 2. The quantitative estimate of drug-likeness (QED) is 0.637. The average Bonchev–Trinajstić information content (AvgIpc) is 2.46. The molecule has 23 heavy (non-hydrogen) atoms. The summed E-state index contributed by atoms with van der Waals surface area (Å²) in [5.74, 6) is -3.69. The fourth-order valence-electron chi connectivity index (χ4n) is 2.33. The Morgan fingerprint density at radius 1 is 1.30 bits per heavy atom. The van der Waals surface area contributed by atoms with Crippen molar-refractivity contribution < 1.29 is 27.8 Å². The molecule has 0 saturated carbocycles. The van der Waals surface area contributed by atoms with E-state index in [1.165, 1.54) is 13.2 Å². The number of ether oxygens (including phenoxy) is 2. The van der Waals surface area contributed by atoms with Gasteiger partial charge < -0.3 is 20.1 Å². The fourth-order valence-corrected chi connectivity index (χ4v) is 2.33. The van der Waals surface area contributed by atoms with Crippen LogP contribution in [0, 0.1) is 17.6 Å². The van der Waals surface area contributed by atoms with E-state index in [9.17, 15) is 18.4 Å². The van der Waals surface area contributed by atoms with Gasteiger partial charge in [0.05, 0.1) is 12.6 Å². The van der Waals surface area contributed by atoms with Crippen molar-refractivity contribution in [1.82, 2.24) is 10.6 Å². The number of methoxy groups -OCH3 is 1. The standard InChI is InChI=1S/C15H16F2N2O4/c1-8-11(14(20)23-7-6-22-2)13(19-15(21)18-8)12-9(16)4-3-5-10(12)17/h3-5,11,13H,1,6-7H2,2H3,(H2,18,19,21)/t11-,13-/m0/s1. The Balaban J connectivity index is 2.34. The van der Waals surface area contributed by atoms with Gasteiger partial charge in [0.1, 0.15) is 24.2 Å². The summed E-state index contributed by atoms with van der Waals surface area (Å²) in [6.07, 6.45) is 0. The number of rotatable bonds is 5. The van der Waals surface area contributed by atoms with Gasteiger partial charge in [-0.25, -0.2) is 13.6 Å². The molecule has 1 aliphatic rings. The van der Waals surface area contributed by atoms with Crippen molar-refractivity contribution in [1.29, 1.82) is 0 Å². The monoisotopic (exact) mass is 326 g/mol. The van der Waals surface area contributed by atoms with Gasteiger partial charge in [-0.05, 0) is 12.1 Å². The van der Waals surface area contributed by atoms with Crippen LogP contribution in [0.3, 0.4) is 0 Å². The van der Waals surface area contributed by atoms with Crippen LogP contribution < -0.4 is 10.6 Å². The highest BCUT2D eigenvalue weighted by Gasteiger charge is 2.41. The molecule has 1 aromatic rings. The largest absolute Gasteiger partial charge is 0.463 e. The maximum absolute atomic E-state index is 14.0. The predicted molar refractivity (Wildman–Crippen MR) is 76.2 cm³/mol. The molecule has 8 heteroatoms. The fraction of sp³-hybridized carbons (Fsp3) is 0.333. The maximum atomic E-state index is 14.0. The van der Waals surface area contributed by atoms with E-state index in [2.05, 4.69) is 17.2 Å². The molecule has 0 bridgehead atoms. The molecule has 2 rings (SSSR count). The second-order valence-electron chi connectivity index (χ2n) is 4.87. The van der Waals surface area contributed by atoms with Crippen molar-refractivity contribution in [3.8, 4) is 0 Å². The first-order valence-electron chi connectivity index (χ1n) is 6.81. The van der Waals surface area contributed by atoms with Gasteiger partial charge in [-0.2, -0.15) is 0 Å². The van der Waals surface area contributed by atoms with Crippen LogP contribution in [0.25, 0.3) is 0 Å². The van der Waals surface area contributed by atoms with Gasteiger partial charge in [0.2, 0.25) is 0 Å². The van der Waals surface area contributed by atoms with E-state index < -0.39 is 41.2 Å². The lowest BCUT2D eigenvalue weighted by atomic mass is 9.88. The average molecular weight is 326 g/mol. The van der Waals surface area contributed by atoms with Crippen LogP contribution in [0.15, 0.2) is 30.5 Å². The first-order valence-corrected chi connectivity index (χ1v) is 6.81. The minimum atomic E-state index is -1.26. The van der Waals surface area contributed by atoms with Crippen LogP contribution in [-0.2, 0) is 14.3 Å². The topological polar surface area (TPSA) is 76.7 Å². The number of hydrogen-bond acceptors (Lipinski definition) is 4. The molecule has 2 N–H and O–H groups in total. The summed E-state index contributed by atoms with van der Waals surface area (Å²) in [4.78, 5) is 23.8. The summed E-state index contributed by atoms with van der Waals surface area (Å²) in [5, 5.41) is 4.66. The van der Waals surface area contributed by atoms with Crippen LogP contribution in [0.4, 0.5) is 13.6 Å². The molecule has 0 spiro atoms. The van der Waals surface area contributed by atoms with E-state index in [4.69, 9.17) is 9.47 Å². The van der Waals surface area contributed by atoms with E-state index in [-0.39, 0.29) is 18.9 Å². The van der Waals surface area contributed by atoms with Crippen molar-refractivity contribution in [2.24, 2.45) is 5.92 Å². The summed E-state index contributed by atoms with van der Waals surface area (Å²) in [6.45, 7) is 3.72. The first kappa shape index (κ1) is 16.9. The summed E-state index contributed by atoms with van der Waals surface area (Å²) in [5.41, 5.74) is -0.416. The third-order valence-electron chi connectivity index (χ3n) is 3.37. The number of halogens is 2. The second kappa shape index (κ2) is 7.19. The lowest BCUT2D eigenvalue weighted by molar-refractivity contribution is -0.149. The predicted octanol–water partition coefficient (Wildman–Crippen LogP) is 1.64. The summed E-state index contributed by atoms with van der Waals surface area (Å²) < 4.78 is 37.8. The van der Waals surface area contributed by atoms with E-state index in [0.717, 1.165) is 12.1 Å². The van der Waals surface area contributed by atoms with Crippen molar-refractivity contribution in [2.75, 3.05) is 20.3 Å². The van der Waals surface area contributed by atoms with Gasteiger partial charge in [0.15, 0.2) is 0 Å². The number of urea groups is 1. The van der Waals surface area contributed by atoms with Gasteiger partial charge in [-0.3, -0.25) is 4.79 Å². The third kappa shape index (κ3) is 3.65. The molecule has 2 amide bonds. The van der Waals surface area contributed by atoms with E-state index in [1.54, 1.807) is 0 Å². The van der Waals surface area contributed by atoms with Gasteiger partial charge in [-0.1, -0.05) is 12.6 Å². The molecular formula is C15H16F2N2O4. The minimum absolute atomic E-state index is 0.00354. The smallest absolute Gasteiger partial charge is 0.319 e. The molecule has 1 heterocycles. The Kier molecular flexibility index (Phi) is 5.28. The molecule has 0 radical (unpaired) electrons. The molecule has 2 atom stereocenters. The van der Waals surface area contributed by atoms with Crippen molar-refractivity contribution in [3.05, 3.63) is 47.7 Å². The number of hydrogen-bond donors (Lipinski definition) is 2. The summed E-state index contributed by atoms with van der Waals surface area (Å²) in [6, 6.07) is 1.32. The maximum Gasteiger partial charge on any atom is 0.319 e. The normalized spacial score (nSPS) is 20.7. The number of carbonyl (C=O) groups excluding carboxylic acids is 2. The minimum Gasteiger partial charge on any atom is -0.463 e. The Morgan fingerprint density at radius 2 is 1.96 bits per heavy atom. The molecule has 1 aliphatic heterocycles. The molecule has 6 nitrogen and oxygen atoms in total. The van der Waals surface area contributed by atoms with E-state index in [0.29, 0.717) is 0 Å². The number of esters is 1. The van der Waals surface area contributed by atoms with Crippen molar-refractivity contribution >= 4 is 12.0 Å². The lowest BCUT2D eigenvalue weighted by Gasteiger charge is -2.33. The number of amides is 2. The number of benzene rings is 1. The highest BCUT2D eigenvalue weighted by atomic mass is 19.1. The highest BCUT2D eigenvalue weighted by Crippen LogP contribution is 2.33. The molecule has 0 unspecified atom stereocenters. The second-order valence-corrected chi connectivity index (χ2v) is 4.87. The zero-order chi connectivity index (χ0) is 17.0. The van der Waals surface area contributed by atoms with Crippen LogP contribution in [0.2, 0.25) is 0 Å². The van der Waals surface area contributed by atoms with E-state index in [1.807, 2.05) is 0 Å². The lowest BCUT2D eigenvalue weighted by Crippen LogP contribution is -2.51. The van der Waals surface area contributed by atoms with E-state index >= 15 is 0 Å². The third-order valence-corrected chi connectivity index (χ3v) is 3.37. The first-order chi connectivity index (χ1) is 11.0. The van der Waals surface area contributed by atoms with Gasteiger partial charge in [-0.15, -0.1) is 0 Å². The zero-order valence-electron chi connectivity index (χ0n) is 12.4. The number of nitrogens with one attached hydrogen (secondary N) is 2. The Morgan fingerprint density at radius 3 is 2.57 bits per heavy atom. The van der Waals surface area contributed by atoms with Crippen LogP contribution in [-0.4, -0.2) is 32.3 Å². The Bertz CT molecular complexity index is 616. The van der Waals surface area contributed by atoms with Gasteiger partial charge in [0, 0.05) is 18.4 Å². The zero-order valence-corrected chi connectivity index (χ0v) is 12.4. The van der Waals surface area contributed by atoms with Crippen LogP contribution in [0.5, 0.6) is 0 Å². The molecular weight excluding hydrogens is 310 g/mol. The van der Waals surface area contributed by atoms with Crippen LogP contribution in [0.1, 0.15) is 11.6 Å². The SMILES string of the molecule is C=C1NC(=O)N[C@H](c2c(F)cccc2F)[C@H]1C(=O)OCCOC. The Labute approximate surface area is 131 Å². The molecule has 0 aromatic heterocycles. The Hall–Kier alpha value is -2.48. The molecule has 0 aliphatic carbocycles. The molecule has 1 aromatic carbocycles.